The average molecular weight is 432 g/mol. The van der Waals surface area contributed by atoms with Gasteiger partial charge in [0.15, 0.2) is 12.4 Å². The molecule has 0 saturated carbocycles. The van der Waals surface area contributed by atoms with Crippen LogP contribution in [0.4, 0.5) is 0 Å². The molecule has 2 aromatic rings. The first-order valence-corrected chi connectivity index (χ1v) is 11.2. The third-order valence-electron chi connectivity index (χ3n) is 4.99. The van der Waals surface area contributed by atoms with E-state index in [0.717, 1.165) is 5.56 Å². The first-order chi connectivity index (χ1) is 14.4. The number of benzene rings is 2. The molecule has 160 valence electrons. The van der Waals surface area contributed by atoms with E-state index in [1.807, 2.05) is 37.3 Å². The van der Waals surface area contributed by atoms with E-state index in [9.17, 15) is 18.0 Å². The largest absolute Gasteiger partial charge is 0.457 e. The molecule has 0 aliphatic carbocycles. The predicted octanol–water partition coefficient (Wildman–Crippen LogP) is 2.63. The summed E-state index contributed by atoms with van der Waals surface area (Å²) in [7, 11) is -3.61. The maximum absolute atomic E-state index is 12.6. The van der Waals surface area contributed by atoms with Gasteiger partial charge in [-0.15, -0.1) is 0 Å². The first-order valence-electron chi connectivity index (χ1n) is 9.79. The van der Waals surface area contributed by atoms with Crippen molar-refractivity contribution in [1.29, 1.82) is 0 Å². The number of ether oxygens (including phenoxy) is 2. The number of hydrogen-bond acceptors (Lipinski definition) is 6. The summed E-state index contributed by atoms with van der Waals surface area (Å²) >= 11 is 0. The maximum atomic E-state index is 12.6. The molecule has 1 heterocycles. The summed E-state index contributed by atoms with van der Waals surface area (Å²) < 4.78 is 36.9. The van der Waals surface area contributed by atoms with Crippen LogP contribution in [0.5, 0.6) is 0 Å². The predicted molar refractivity (Wildman–Crippen MR) is 111 cm³/mol. The van der Waals surface area contributed by atoms with Crippen LogP contribution in [0.2, 0.25) is 0 Å². The van der Waals surface area contributed by atoms with Crippen LogP contribution in [0, 0.1) is 0 Å². The second-order valence-electron chi connectivity index (χ2n) is 7.14. The van der Waals surface area contributed by atoms with Gasteiger partial charge in [-0.25, -0.2) is 8.42 Å². The number of carbonyl (C=O) groups excluding carboxylic acids is 2. The standard InChI is InChI=1S/C22H25NO6S/c1-17(18-5-3-2-4-6-18)15-22(25)29-16-21(24)19-7-9-20(10-8-19)30(26,27)23-11-13-28-14-12-23/h2-10,17H,11-16H2,1H3. The van der Waals surface area contributed by atoms with Crippen molar-refractivity contribution >= 4 is 21.8 Å². The van der Waals surface area contributed by atoms with Crippen molar-refractivity contribution in [2.24, 2.45) is 0 Å². The smallest absolute Gasteiger partial charge is 0.306 e. The fourth-order valence-electron chi connectivity index (χ4n) is 3.19. The quantitative estimate of drug-likeness (QED) is 0.471. The molecule has 1 saturated heterocycles. The van der Waals surface area contributed by atoms with Gasteiger partial charge >= 0.3 is 5.97 Å². The molecule has 1 aliphatic heterocycles. The number of Topliss-reactive ketones (excluding diaryl/α,β-unsaturated/α-hetero) is 1. The average Bonchev–Trinajstić information content (AvgIpc) is 2.78. The van der Waals surface area contributed by atoms with Crippen LogP contribution >= 0.6 is 0 Å². The van der Waals surface area contributed by atoms with Crippen LogP contribution in [-0.4, -0.2) is 57.4 Å². The van der Waals surface area contributed by atoms with E-state index in [2.05, 4.69) is 0 Å². The maximum Gasteiger partial charge on any atom is 0.306 e. The topological polar surface area (TPSA) is 90.0 Å². The van der Waals surface area contributed by atoms with Gasteiger partial charge in [0.25, 0.3) is 0 Å². The molecule has 1 aliphatic rings. The van der Waals surface area contributed by atoms with Crippen LogP contribution < -0.4 is 0 Å². The highest BCUT2D eigenvalue weighted by atomic mass is 32.2. The summed E-state index contributed by atoms with van der Waals surface area (Å²) in [5.74, 6) is -0.851. The van der Waals surface area contributed by atoms with Gasteiger partial charge in [-0.3, -0.25) is 9.59 Å². The van der Waals surface area contributed by atoms with Crippen molar-refractivity contribution in [3.05, 3.63) is 65.7 Å². The Labute approximate surface area is 176 Å². The molecule has 2 aromatic carbocycles. The molecule has 0 amide bonds. The van der Waals surface area contributed by atoms with Gasteiger partial charge in [0.1, 0.15) is 0 Å². The lowest BCUT2D eigenvalue weighted by molar-refractivity contribution is -0.142. The second kappa shape index (κ2) is 9.97. The van der Waals surface area contributed by atoms with E-state index in [1.165, 1.54) is 28.6 Å². The number of ketones is 1. The number of esters is 1. The lowest BCUT2D eigenvalue weighted by Crippen LogP contribution is -2.40. The number of nitrogens with zero attached hydrogens (tertiary/aromatic N) is 1. The number of morpholine rings is 1. The molecule has 1 unspecified atom stereocenters. The van der Waals surface area contributed by atoms with Gasteiger partial charge in [0.05, 0.1) is 24.5 Å². The third-order valence-corrected chi connectivity index (χ3v) is 6.90. The Kier molecular flexibility index (Phi) is 7.36. The number of sulfonamides is 1. The van der Waals surface area contributed by atoms with Gasteiger partial charge in [0, 0.05) is 18.7 Å². The minimum absolute atomic E-state index is 0.0153. The minimum Gasteiger partial charge on any atom is -0.457 e. The normalized spacial score (nSPS) is 16.0. The molecule has 8 heteroatoms. The summed E-state index contributed by atoms with van der Waals surface area (Å²) in [6.07, 6.45) is 0.175. The van der Waals surface area contributed by atoms with Crippen molar-refractivity contribution in [2.75, 3.05) is 32.9 Å². The highest BCUT2D eigenvalue weighted by molar-refractivity contribution is 7.89. The molecule has 0 radical (unpaired) electrons. The molecule has 0 bridgehead atoms. The fourth-order valence-corrected chi connectivity index (χ4v) is 4.59. The summed E-state index contributed by atoms with van der Waals surface area (Å²) in [5, 5.41) is 0. The van der Waals surface area contributed by atoms with Crippen LogP contribution in [0.3, 0.4) is 0 Å². The van der Waals surface area contributed by atoms with Crippen LogP contribution in [0.1, 0.15) is 35.2 Å². The van der Waals surface area contributed by atoms with Gasteiger partial charge in [0.2, 0.25) is 10.0 Å². The molecule has 0 N–H and O–H groups in total. The Morgan fingerprint density at radius 2 is 1.67 bits per heavy atom. The highest BCUT2D eigenvalue weighted by Gasteiger charge is 2.26. The van der Waals surface area contributed by atoms with E-state index >= 15 is 0 Å². The summed E-state index contributed by atoms with van der Waals surface area (Å²) in [5.41, 5.74) is 1.32. The Morgan fingerprint density at radius 3 is 2.30 bits per heavy atom. The Balaban J connectivity index is 1.54. The molecule has 0 spiro atoms. The molecule has 30 heavy (non-hydrogen) atoms. The lowest BCUT2D eigenvalue weighted by atomic mass is 9.98. The molecular formula is C22H25NO6S. The first kappa shape index (κ1) is 22.1. The van der Waals surface area contributed by atoms with E-state index < -0.39 is 16.0 Å². The fraction of sp³-hybridized carbons (Fsp3) is 0.364. The number of rotatable bonds is 8. The zero-order valence-corrected chi connectivity index (χ0v) is 17.6. The third kappa shape index (κ3) is 5.53. The summed E-state index contributed by atoms with van der Waals surface area (Å²) in [6, 6.07) is 15.3. The lowest BCUT2D eigenvalue weighted by Gasteiger charge is -2.26. The zero-order chi connectivity index (χ0) is 21.6. The molecular weight excluding hydrogens is 406 g/mol. The van der Waals surface area contributed by atoms with Gasteiger partial charge in [-0.05, 0) is 35.7 Å². The highest BCUT2D eigenvalue weighted by Crippen LogP contribution is 2.20. The van der Waals surface area contributed by atoms with Gasteiger partial charge < -0.3 is 9.47 Å². The van der Waals surface area contributed by atoms with Crippen molar-refractivity contribution in [1.82, 2.24) is 4.31 Å². The van der Waals surface area contributed by atoms with Crippen LogP contribution in [0.25, 0.3) is 0 Å². The summed E-state index contributed by atoms with van der Waals surface area (Å²) in [4.78, 5) is 24.5. The van der Waals surface area contributed by atoms with E-state index in [0.29, 0.717) is 31.9 Å². The number of hydrogen-bond donors (Lipinski definition) is 0. The SMILES string of the molecule is CC(CC(=O)OCC(=O)c1ccc(S(=O)(=O)N2CCOCC2)cc1)c1ccccc1. The molecule has 3 rings (SSSR count). The molecule has 0 aromatic heterocycles. The summed E-state index contributed by atoms with van der Waals surface area (Å²) in [6.45, 7) is 2.89. The van der Waals surface area contributed by atoms with Crippen molar-refractivity contribution in [2.45, 2.75) is 24.2 Å². The Hall–Kier alpha value is -2.55. The van der Waals surface area contributed by atoms with E-state index in [4.69, 9.17) is 9.47 Å². The van der Waals surface area contributed by atoms with Crippen LogP contribution in [-0.2, 0) is 24.3 Å². The van der Waals surface area contributed by atoms with E-state index in [1.54, 1.807) is 0 Å². The van der Waals surface area contributed by atoms with Crippen molar-refractivity contribution < 1.29 is 27.5 Å². The Morgan fingerprint density at radius 1 is 1.03 bits per heavy atom. The minimum atomic E-state index is -3.61. The zero-order valence-electron chi connectivity index (χ0n) is 16.8. The van der Waals surface area contributed by atoms with Crippen molar-refractivity contribution in [3.63, 3.8) is 0 Å². The van der Waals surface area contributed by atoms with Gasteiger partial charge in [-0.1, -0.05) is 37.3 Å². The monoisotopic (exact) mass is 431 g/mol. The van der Waals surface area contributed by atoms with Gasteiger partial charge in [-0.2, -0.15) is 4.31 Å². The number of carbonyl (C=O) groups is 2. The van der Waals surface area contributed by atoms with Crippen molar-refractivity contribution in [3.8, 4) is 0 Å². The van der Waals surface area contributed by atoms with Crippen LogP contribution in [0.15, 0.2) is 59.5 Å². The van der Waals surface area contributed by atoms with E-state index in [-0.39, 0.29) is 29.6 Å². The Bertz CT molecular complexity index is 966. The second-order valence-corrected chi connectivity index (χ2v) is 9.08. The molecule has 1 atom stereocenters. The molecule has 7 nitrogen and oxygen atoms in total. The molecule has 1 fully saturated rings.